The van der Waals surface area contributed by atoms with Crippen LogP contribution in [0.4, 0.5) is 4.79 Å². The summed E-state index contributed by atoms with van der Waals surface area (Å²) in [6, 6.07) is 6.20. The smallest absolute Gasteiger partial charge is 0.362 e. The van der Waals surface area contributed by atoms with E-state index >= 15 is 0 Å². The van der Waals surface area contributed by atoms with Crippen LogP contribution in [0.5, 0.6) is 0 Å². The van der Waals surface area contributed by atoms with Crippen molar-refractivity contribution in [3.63, 3.8) is 0 Å². The number of urea groups is 1. The van der Waals surface area contributed by atoms with Gasteiger partial charge in [-0.2, -0.15) is 5.10 Å². The Balaban J connectivity index is 2.36. The van der Waals surface area contributed by atoms with Crippen LogP contribution >= 0.6 is 0 Å². The molecule has 1 heterocycles. The summed E-state index contributed by atoms with van der Waals surface area (Å²) in [6.45, 7) is 0. The fraction of sp³-hybridized carbons (Fsp3) is 0.308. The van der Waals surface area contributed by atoms with Crippen molar-refractivity contribution in [2.24, 2.45) is 16.6 Å². The third-order valence-electron chi connectivity index (χ3n) is 4.22. The Morgan fingerprint density at radius 3 is 2.41 bits per heavy atom. The number of benzene rings is 1. The van der Waals surface area contributed by atoms with Crippen LogP contribution in [0.25, 0.3) is 0 Å². The van der Waals surface area contributed by atoms with Gasteiger partial charge in [-0.3, -0.25) is 21.3 Å². The Morgan fingerprint density at radius 1 is 1.18 bits per heavy atom. The Labute approximate surface area is 126 Å². The van der Waals surface area contributed by atoms with E-state index in [9.17, 15) is 15.0 Å². The summed E-state index contributed by atoms with van der Waals surface area (Å²) in [5, 5.41) is 28.6. The molecule has 2 atom stereocenters. The van der Waals surface area contributed by atoms with Crippen LogP contribution in [0.3, 0.4) is 0 Å². The van der Waals surface area contributed by atoms with Gasteiger partial charge in [0.15, 0.2) is 0 Å². The maximum atomic E-state index is 12.2. The van der Waals surface area contributed by atoms with E-state index in [0.717, 1.165) is 9.80 Å². The number of nitrogens with two attached hydrogens (primary N) is 2. The molecule has 7 N–H and O–H groups in total. The van der Waals surface area contributed by atoms with Gasteiger partial charge in [-0.05, 0) is 0 Å². The summed E-state index contributed by atoms with van der Waals surface area (Å²) in [4.78, 5) is 14.3. The van der Waals surface area contributed by atoms with E-state index in [2.05, 4.69) is 10.2 Å². The number of hydrazone groups is 1. The zero-order chi connectivity index (χ0) is 16.3. The van der Waals surface area contributed by atoms with Crippen LogP contribution in [-0.4, -0.2) is 57.5 Å². The number of likely N-dealkylation sites (N-methyl/N-ethyl adjacent to an activating group) is 2. The summed E-state index contributed by atoms with van der Waals surface area (Å²) in [7, 11) is 2.79. The number of guanidine groups is 1. The van der Waals surface area contributed by atoms with Crippen molar-refractivity contribution in [3.8, 4) is 0 Å². The number of aliphatic hydroxyl groups is 2. The maximum absolute atomic E-state index is 12.2. The van der Waals surface area contributed by atoms with E-state index in [4.69, 9.17) is 11.5 Å². The van der Waals surface area contributed by atoms with Crippen molar-refractivity contribution in [1.29, 1.82) is 0 Å². The SMILES string of the molecule is CN1C(=O)N(C)C2(O)c3ccccc3C(=N[NH+]=C(N)N)C12O. The molecule has 1 aromatic rings. The number of amides is 2. The standard InChI is InChI=1S/C13H16N6O3/c1-18-11(20)19(2)13(22)9(16-17-10(14)15)7-5-3-4-6-8(7)12(13,18)21/h3-6,21-22H,1-2H3,(H4,14,15,17)/p+1. The molecule has 2 amide bonds. The molecule has 1 aromatic carbocycles. The van der Waals surface area contributed by atoms with Gasteiger partial charge in [0.2, 0.25) is 11.4 Å². The third-order valence-corrected chi connectivity index (χ3v) is 4.22. The minimum atomic E-state index is -2.06. The molecule has 116 valence electrons. The summed E-state index contributed by atoms with van der Waals surface area (Å²) >= 11 is 0. The van der Waals surface area contributed by atoms with E-state index in [1.165, 1.54) is 14.1 Å². The van der Waals surface area contributed by atoms with Crippen LogP contribution < -0.4 is 16.6 Å². The maximum Gasteiger partial charge on any atom is 0.362 e. The first-order chi connectivity index (χ1) is 10.3. The number of rotatable bonds is 1. The molecule has 1 aliphatic carbocycles. The van der Waals surface area contributed by atoms with Crippen molar-refractivity contribution < 1.29 is 20.1 Å². The van der Waals surface area contributed by atoms with Crippen molar-refractivity contribution in [2.45, 2.75) is 11.4 Å². The lowest BCUT2D eigenvalue weighted by molar-refractivity contribution is -0.465. The van der Waals surface area contributed by atoms with Crippen LogP contribution in [-0.2, 0) is 5.72 Å². The van der Waals surface area contributed by atoms with Gasteiger partial charge in [0.25, 0.3) is 0 Å². The van der Waals surface area contributed by atoms with Gasteiger partial charge in [-0.1, -0.05) is 24.3 Å². The molecular formula is C13H17N6O3+. The molecule has 1 saturated heterocycles. The van der Waals surface area contributed by atoms with Gasteiger partial charge in [0, 0.05) is 25.2 Å². The molecule has 1 aliphatic heterocycles. The molecule has 0 radical (unpaired) electrons. The number of hydrogen-bond donors (Lipinski definition) is 5. The molecule has 2 aliphatic rings. The molecule has 2 unspecified atom stereocenters. The van der Waals surface area contributed by atoms with Crippen LogP contribution in [0.2, 0.25) is 0 Å². The van der Waals surface area contributed by atoms with Gasteiger partial charge in [-0.15, -0.1) is 5.10 Å². The van der Waals surface area contributed by atoms with E-state index in [1.807, 2.05) is 0 Å². The predicted octanol–water partition coefficient (Wildman–Crippen LogP) is -3.41. The Bertz CT molecular complexity index is 728. The third kappa shape index (κ3) is 1.36. The van der Waals surface area contributed by atoms with E-state index in [1.54, 1.807) is 24.3 Å². The molecule has 0 bridgehead atoms. The number of fused-ring (bicyclic) bond motifs is 3. The van der Waals surface area contributed by atoms with Crippen molar-refractivity contribution >= 4 is 17.7 Å². The molecule has 1 fully saturated rings. The van der Waals surface area contributed by atoms with Crippen molar-refractivity contribution in [3.05, 3.63) is 35.4 Å². The van der Waals surface area contributed by atoms with Gasteiger partial charge >= 0.3 is 12.0 Å². The fourth-order valence-electron chi connectivity index (χ4n) is 3.10. The second-order valence-electron chi connectivity index (χ2n) is 5.32. The molecular weight excluding hydrogens is 288 g/mol. The molecule has 9 nitrogen and oxygen atoms in total. The second kappa shape index (κ2) is 4.18. The number of hydrogen-bond acceptors (Lipinski definition) is 4. The van der Waals surface area contributed by atoms with Gasteiger partial charge < -0.3 is 10.2 Å². The predicted molar refractivity (Wildman–Crippen MR) is 77.1 cm³/mol. The highest BCUT2D eigenvalue weighted by Gasteiger charge is 2.73. The summed E-state index contributed by atoms with van der Waals surface area (Å²) < 4.78 is 0. The lowest BCUT2D eigenvalue weighted by Gasteiger charge is -2.35. The van der Waals surface area contributed by atoms with Crippen LogP contribution in [0.15, 0.2) is 29.4 Å². The van der Waals surface area contributed by atoms with E-state index in [0.29, 0.717) is 11.1 Å². The van der Waals surface area contributed by atoms with E-state index in [-0.39, 0.29) is 11.7 Å². The number of nitrogens with one attached hydrogen (secondary N) is 1. The van der Waals surface area contributed by atoms with Crippen LogP contribution in [0.1, 0.15) is 11.1 Å². The van der Waals surface area contributed by atoms with E-state index < -0.39 is 17.5 Å². The van der Waals surface area contributed by atoms with Crippen molar-refractivity contribution in [1.82, 2.24) is 9.80 Å². The summed E-state index contributed by atoms with van der Waals surface area (Å²) in [5.74, 6) is -0.177. The first-order valence-corrected chi connectivity index (χ1v) is 6.54. The normalized spacial score (nSPS) is 31.5. The largest absolute Gasteiger partial charge is 0.363 e. The van der Waals surface area contributed by atoms with Crippen LogP contribution in [0, 0.1) is 0 Å². The second-order valence-corrected chi connectivity index (χ2v) is 5.32. The number of carbonyl (C=O) groups excluding carboxylic acids is 1. The minimum absolute atomic E-state index is 0.0548. The summed E-state index contributed by atoms with van der Waals surface area (Å²) in [6.07, 6.45) is 0. The fourth-order valence-corrected chi connectivity index (χ4v) is 3.10. The first kappa shape index (κ1) is 14.3. The Kier molecular flexibility index (Phi) is 2.72. The molecule has 3 rings (SSSR count). The highest BCUT2D eigenvalue weighted by molar-refractivity contribution is 6.14. The zero-order valence-electron chi connectivity index (χ0n) is 12.1. The Morgan fingerprint density at radius 2 is 1.77 bits per heavy atom. The lowest BCUT2D eigenvalue weighted by atomic mass is 9.99. The van der Waals surface area contributed by atoms with Crippen molar-refractivity contribution in [2.75, 3.05) is 14.1 Å². The number of nitrogens with zero attached hydrogens (tertiary/aromatic N) is 3. The highest BCUT2D eigenvalue weighted by atomic mass is 16.4. The topological polar surface area (TPSA) is 142 Å². The zero-order valence-corrected chi connectivity index (χ0v) is 12.1. The molecule has 22 heavy (non-hydrogen) atoms. The Hall–Kier alpha value is -2.65. The molecule has 0 aromatic heterocycles. The highest BCUT2D eigenvalue weighted by Crippen LogP contribution is 2.51. The average molecular weight is 305 g/mol. The molecule has 9 heteroatoms. The quantitative estimate of drug-likeness (QED) is 0.209. The first-order valence-electron chi connectivity index (χ1n) is 6.54. The summed E-state index contributed by atoms with van der Waals surface area (Å²) in [5.41, 5.74) is 7.56. The monoisotopic (exact) mass is 305 g/mol. The lowest BCUT2D eigenvalue weighted by Crippen LogP contribution is -2.74. The van der Waals surface area contributed by atoms with Gasteiger partial charge in [0.1, 0.15) is 5.71 Å². The molecule has 0 saturated carbocycles. The molecule has 0 spiro atoms. The van der Waals surface area contributed by atoms with Gasteiger partial charge in [-0.25, -0.2) is 4.79 Å². The number of carbonyl (C=O) groups is 1. The average Bonchev–Trinajstić information content (AvgIpc) is 2.77. The minimum Gasteiger partial charge on any atom is -0.363 e. The van der Waals surface area contributed by atoms with Gasteiger partial charge in [0.05, 0.1) is 0 Å².